The van der Waals surface area contributed by atoms with E-state index >= 15 is 0 Å². The Morgan fingerprint density at radius 1 is 1.10 bits per heavy atom. The van der Waals surface area contributed by atoms with Crippen LogP contribution in [0.5, 0.6) is 0 Å². The molecule has 7 nitrogen and oxygen atoms in total. The Morgan fingerprint density at radius 3 is 2.52 bits per heavy atom. The highest BCUT2D eigenvalue weighted by Gasteiger charge is 2.39. The molecular formula is C24H29N5O2. The van der Waals surface area contributed by atoms with Crippen LogP contribution in [0.15, 0.2) is 48.5 Å². The highest BCUT2D eigenvalue weighted by atomic mass is 16.2. The van der Waals surface area contributed by atoms with Crippen LogP contribution in [-0.2, 0) is 11.2 Å². The highest BCUT2D eigenvalue weighted by molar-refractivity contribution is 5.96. The number of hydrogen-bond acceptors (Lipinski definition) is 4. The topological polar surface area (TPSA) is 127 Å². The van der Waals surface area contributed by atoms with Crippen LogP contribution in [0.25, 0.3) is 11.0 Å². The number of aromatic nitrogens is 2. The number of imidazole rings is 1. The lowest BCUT2D eigenvalue weighted by molar-refractivity contribution is -0.133. The van der Waals surface area contributed by atoms with Gasteiger partial charge in [0.2, 0.25) is 11.8 Å². The molecule has 1 unspecified atom stereocenters. The molecule has 1 saturated carbocycles. The summed E-state index contributed by atoms with van der Waals surface area (Å²) >= 11 is 0. The normalized spacial score (nSPS) is 16.7. The fourth-order valence-corrected chi connectivity index (χ4v) is 4.47. The van der Waals surface area contributed by atoms with E-state index in [1.807, 2.05) is 30.3 Å². The van der Waals surface area contributed by atoms with Gasteiger partial charge >= 0.3 is 0 Å². The molecule has 4 rings (SSSR count). The van der Waals surface area contributed by atoms with Gasteiger partial charge in [-0.1, -0.05) is 49.6 Å². The molecule has 2 amide bonds. The van der Waals surface area contributed by atoms with Crippen LogP contribution in [0.1, 0.15) is 59.9 Å². The summed E-state index contributed by atoms with van der Waals surface area (Å²) in [5, 5.41) is 3.24. The van der Waals surface area contributed by atoms with Gasteiger partial charge in [-0.25, -0.2) is 4.98 Å². The zero-order valence-corrected chi connectivity index (χ0v) is 17.6. The number of fused-ring (bicyclic) bond motifs is 1. The second kappa shape index (κ2) is 8.89. The molecule has 1 heterocycles. The number of benzene rings is 2. The minimum absolute atomic E-state index is 0.00564. The van der Waals surface area contributed by atoms with Gasteiger partial charge in [0.05, 0.1) is 22.5 Å². The van der Waals surface area contributed by atoms with Crippen LogP contribution in [0.3, 0.4) is 0 Å². The standard InChI is InChI=1S/C24H29N5O2/c25-15-24(11-5-2-6-12-24)23(31)29-20(13-16-7-3-1-4-8-16)22-27-18-10-9-17(21(26)30)14-19(18)28-22/h1,3-4,7-10,14,20H,2,5-6,11-13,15,25H2,(H2,26,30)(H,27,28)(H,29,31). The maximum atomic E-state index is 13.4. The average Bonchev–Trinajstić information content (AvgIpc) is 3.23. The number of aromatic amines is 1. The van der Waals surface area contributed by atoms with Crippen molar-refractivity contribution in [2.45, 2.75) is 44.6 Å². The fraction of sp³-hybridized carbons (Fsp3) is 0.375. The smallest absolute Gasteiger partial charge is 0.248 e. The SMILES string of the molecule is NCC1(C(=O)NC(Cc2ccccc2)c2nc3cc(C(N)=O)ccc3[nH]2)CCCCC1. The molecule has 1 aromatic heterocycles. The van der Waals surface area contributed by atoms with Crippen molar-refractivity contribution in [1.29, 1.82) is 0 Å². The fourth-order valence-electron chi connectivity index (χ4n) is 4.47. The molecule has 31 heavy (non-hydrogen) atoms. The Balaban J connectivity index is 1.66. The van der Waals surface area contributed by atoms with Gasteiger partial charge in [0.25, 0.3) is 0 Å². The Morgan fingerprint density at radius 2 is 1.84 bits per heavy atom. The van der Waals surface area contributed by atoms with Gasteiger partial charge < -0.3 is 21.8 Å². The predicted molar refractivity (Wildman–Crippen MR) is 120 cm³/mol. The lowest BCUT2D eigenvalue weighted by Gasteiger charge is -2.35. The maximum absolute atomic E-state index is 13.4. The van der Waals surface area contributed by atoms with Crippen molar-refractivity contribution in [3.8, 4) is 0 Å². The summed E-state index contributed by atoms with van der Waals surface area (Å²) in [7, 11) is 0. The molecule has 2 aromatic carbocycles. The van der Waals surface area contributed by atoms with E-state index < -0.39 is 11.3 Å². The first-order valence-corrected chi connectivity index (χ1v) is 10.9. The zero-order chi connectivity index (χ0) is 21.8. The molecule has 0 aliphatic heterocycles. The number of H-pyrrole nitrogens is 1. The third kappa shape index (κ3) is 4.46. The first-order chi connectivity index (χ1) is 15.0. The van der Waals surface area contributed by atoms with Crippen molar-refractivity contribution in [3.05, 3.63) is 65.5 Å². The van der Waals surface area contributed by atoms with E-state index in [-0.39, 0.29) is 11.9 Å². The second-order valence-electron chi connectivity index (χ2n) is 8.48. The van der Waals surface area contributed by atoms with Crippen molar-refractivity contribution in [2.24, 2.45) is 16.9 Å². The summed E-state index contributed by atoms with van der Waals surface area (Å²) in [5.41, 5.74) is 13.9. The molecule has 0 saturated heterocycles. The number of carbonyl (C=O) groups excluding carboxylic acids is 2. The molecule has 0 bridgehead atoms. The van der Waals surface area contributed by atoms with Gasteiger partial charge in [0.15, 0.2) is 0 Å². The van der Waals surface area contributed by atoms with Crippen molar-refractivity contribution in [3.63, 3.8) is 0 Å². The van der Waals surface area contributed by atoms with Crippen molar-refractivity contribution >= 4 is 22.8 Å². The Kier molecular flexibility index (Phi) is 6.04. The third-order valence-corrected chi connectivity index (χ3v) is 6.39. The summed E-state index contributed by atoms with van der Waals surface area (Å²) in [5.74, 6) is 0.147. The number of amides is 2. The van der Waals surface area contributed by atoms with E-state index in [2.05, 4.69) is 15.3 Å². The Labute approximate surface area is 181 Å². The molecule has 1 atom stereocenters. The van der Waals surface area contributed by atoms with Gasteiger partial charge in [0, 0.05) is 12.1 Å². The van der Waals surface area contributed by atoms with Gasteiger partial charge in [-0.15, -0.1) is 0 Å². The maximum Gasteiger partial charge on any atom is 0.248 e. The van der Waals surface area contributed by atoms with Gasteiger partial charge in [0.1, 0.15) is 5.82 Å². The summed E-state index contributed by atoms with van der Waals surface area (Å²) in [4.78, 5) is 32.9. The summed E-state index contributed by atoms with van der Waals surface area (Å²) < 4.78 is 0. The average molecular weight is 420 g/mol. The second-order valence-corrected chi connectivity index (χ2v) is 8.48. The molecule has 3 aromatic rings. The number of carbonyl (C=O) groups is 2. The first kappa shape index (κ1) is 21.1. The van der Waals surface area contributed by atoms with Crippen LogP contribution in [0.4, 0.5) is 0 Å². The minimum atomic E-state index is -0.516. The zero-order valence-electron chi connectivity index (χ0n) is 17.6. The van der Waals surface area contributed by atoms with Crippen LogP contribution in [0, 0.1) is 5.41 Å². The number of rotatable bonds is 7. The number of primary amides is 1. The molecule has 1 fully saturated rings. The molecule has 0 radical (unpaired) electrons. The molecule has 1 aliphatic rings. The molecule has 7 heteroatoms. The van der Waals surface area contributed by atoms with E-state index in [1.54, 1.807) is 18.2 Å². The molecule has 0 spiro atoms. The van der Waals surface area contributed by atoms with E-state index in [1.165, 1.54) is 0 Å². The summed E-state index contributed by atoms with van der Waals surface area (Å²) in [6, 6.07) is 14.8. The number of nitrogens with two attached hydrogens (primary N) is 2. The number of nitrogens with one attached hydrogen (secondary N) is 2. The lowest BCUT2D eigenvalue weighted by Crippen LogP contribution is -2.48. The van der Waals surface area contributed by atoms with E-state index in [4.69, 9.17) is 11.5 Å². The van der Waals surface area contributed by atoms with E-state index in [0.717, 1.165) is 43.2 Å². The summed E-state index contributed by atoms with van der Waals surface area (Å²) in [6.07, 6.45) is 5.41. The quantitative estimate of drug-likeness (QED) is 0.469. The van der Waals surface area contributed by atoms with Crippen LogP contribution >= 0.6 is 0 Å². The predicted octanol–water partition coefficient (Wildman–Crippen LogP) is 2.97. The first-order valence-electron chi connectivity index (χ1n) is 10.9. The lowest BCUT2D eigenvalue weighted by atomic mass is 9.73. The third-order valence-electron chi connectivity index (χ3n) is 6.39. The highest BCUT2D eigenvalue weighted by Crippen LogP contribution is 2.36. The largest absolute Gasteiger partial charge is 0.366 e. The Hall–Kier alpha value is -3.19. The van der Waals surface area contributed by atoms with Crippen LogP contribution in [-0.4, -0.2) is 28.3 Å². The van der Waals surface area contributed by atoms with E-state index in [0.29, 0.717) is 29.9 Å². The number of nitrogens with zero attached hydrogens (tertiary/aromatic N) is 1. The van der Waals surface area contributed by atoms with Crippen molar-refractivity contribution < 1.29 is 9.59 Å². The molecule has 162 valence electrons. The van der Waals surface area contributed by atoms with Crippen molar-refractivity contribution in [1.82, 2.24) is 15.3 Å². The minimum Gasteiger partial charge on any atom is -0.366 e. The van der Waals surface area contributed by atoms with Crippen molar-refractivity contribution in [2.75, 3.05) is 6.54 Å². The van der Waals surface area contributed by atoms with Gasteiger partial charge in [-0.2, -0.15) is 0 Å². The molecule has 1 aliphatic carbocycles. The van der Waals surface area contributed by atoms with Crippen LogP contribution in [0.2, 0.25) is 0 Å². The van der Waals surface area contributed by atoms with E-state index in [9.17, 15) is 9.59 Å². The van der Waals surface area contributed by atoms with Gasteiger partial charge in [-0.3, -0.25) is 9.59 Å². The number of hydrogen-bond donors (Lipinski definition) is 4. The Bertz CT molecular complexity index is 1070. The summed E-state index contributed by atoms with van der Waals surface area (Å²) in [6.45, 7) is 0.346. The van der Waals surface area contributed by atoms with Crippen LogP contribution < -0.4 is 16.8 Å². The van der Waals surface area contributed by atoms with Gasteiger partial charge in [-0.05, 0) is 43.0 Å². The molecular weight excluding hydrogens is 390 g/mol. The monoisotopic (exact) mass is 419 g/mol. The molecule has 6 N–H and O–H groups in total.